The molecule has 0 saturated carbocycles. The van der Waals surface area contributed by atoms with Crippen molar-refractivity contribution in [3.63, 3.8) is 0 Å². The minimum atomic E-state index is -0.325. The molecule has 0 fully saturated rings. The number of rotatable bonds is 6. The van der Waals surface area contributed by atoms with Gasteiger partial charge in [-0.25, -0.2) is 4.68 Å². The molecule has 1 aromatic rings. The van der Waals surface area contributed by atoms with E-state index in [0.29, 0.717) is 18.1 Å². The second-order valence-corrected chi connectivity index (χ2v) is 4.52. The van der Waals surface area contributed by atoms with E-state index in [0.717, 1.165) is 12.8 Å². The fraction of sp³-hybridized carbons (Fsp3) is 0.692. The fourth-order valence-corrected chi connectivity index (χ4v) is 1.79. The number of hydrogen-bond acceptors (Lipinski definition) is 3. The molecule has 1 rings (SSSR count). The Hall–Kier alpha value is -1.32. The lowest BCUT2D eigenvalue weighted by Gasteiger charge is -2.24. The van der Waals surface area contributed by atoms with Gasteiger partial charge in [-0.05, 0) is 19.8 Å². The molecule has 0 aliphatic rings. The smallest absolute Gasteiger partial charge is 0.222 e. The van der Waals surface area contributed by atoms with E-state index >= 15 is 0 Å². The van der Waals surface area contributed by atoms with E-state index in [1.165, 1.54) is 0 Å². The molecule has 0 spiro atoms. The minimum absolute atomic E-state index is 0.124. The van der Waals surface area contributed by atoms with Crippen LogP contribution in [0, 0.1) is 5.41 Å². The summed E-state index contributed by atoms with van der Waals surface area (Å²) in [6, 6.07) is 0. The lowest BCUT2D eigenvalue weighted by atomic mass is 9.78. The maximum absolute atomic E-state index is 12.5. The third-order valence-electron chi connectivity index (χ3n) is 3.52. The second kappa shape index (κ2) is 5.34. The predicted molar refractivity (Wildman–Crippen MR) is 67.4 cm³/mol. The van der Waals surface area contributed by atoms with Crippen LogP contribution in [0.25, 0.3) is 0 Å². The average molecular weight is 238 g/mol. The first-order chi connectivity index (χ1) is 8.00. The van der Waals surface area contributed by atoms with E-state index in [1.807, 2.05) is 27.7 Å². The molecule has 0 N–H and O–H groups in total. The maximum Gasteiger partial charge on any atom is 0.222 e. The Labute approximate surface area is 103 Å². The van der Waals surface area contributed by atoms with Crippen LogP contribution in [0.5, 0.6) is 5.88 Å². The number of aromatic nitrogens is 2. The normalized spacial score (nSPS) is 11.6. The highest BCUT2D eigenvalue weighted by Gasteiger charge is 2.33. The molecule has 0 amide bonds. The van der Waals surface area contributed by atoms with Crippen molar-refractivity contribution in [3.05, 3.63) is 11.8 Å². The van der Waals surface area contributed by atoms with E-state index in [2.05, 4.69) is 5.10 Å². The van der Waals surface area contributed by atoms with Crippen molar-refractivity contribution < 1.29 is 9.53 Å². The van der Waals surface area contributed by atoms with Gasteiger partial charge in [0.05, 0.1) is 18.4 Å². The molecule has 0 radical (unpaired) electrons. The molecule has 17 heavy (non-hydrogen) atoms. The Kier molecular flexibility index (Phi) is 4.32. The second-order valence-electron chi connectivity index (χ2n) is 4.52. The monoisotopic (exact) mass is 238 g/mol. The van der Waals surface area contributed by atoms with Gasteiger partial charge in [-0.2, -0.15) is 5.10 Å². The predicted octanol–water partition coefficient (Wildman–Crippen LogP) is 2.83. The van der Waals surface area contributed by atoms with Crippen molar-refractivity contribution in [2.75, 3.05) is 6.61 Å². The number of ether oxygens (including phenoxy) is 1. The van der Waals surface area contributed by atoms with Crippen molar-refractivity contribution >= 4 is 5.78 Å². The minimum Gasteiger partial charge on any atom is -0.478 e. The highest BCUT2D eigenvalue weighted by Crippen LogP contribution is 2.33. The topological polar surface area (TPSA) is 44.1 Å². The van der Waals surface area contributed by atoms with Crippen LogP contribution in [0.1, 0.15) is 50.9 Å². The third kappa shape index (κ3) is 2.51. The molecule has 0 unspecified atom stereocenters. The lowest BCUT2D eigenvalue weighted by molar-refractivity contribution is 0.0798. The third-order valence-corrected chi connectivity index (χ3v) is 3.52. The summed E-state index contributed by atoms with van der Waals surface area (Å²) in [4.78, 5) is 12.5. The zero-order chi connectivity index (χ0) is 13.1. The van der Waals surface area contributed by atoms with Crippen molar-refractivity contribution in [2.24, 2.45) is 12.5 Å². The van der Waals surface area contributed by atoms with E-state index in [9.17, 15) is 4.79 Å². The summed E-state index contributed by atoms with van der Waals surface area (Å²) < 4.78 is 7.11. The number of carbonyl (C=O) groups is 1. The Morgan fingerprint density at radius 3 is 2.47 bits per heavy atom. The molecule has 0 aromatic carbocycles. The SMILES string of the molecule is CCOc1c(C(=O)C(C)(CC)CC)cnn1C. The van der Waals surface area contributed by atoms with Gasteiger partial charge in [0.2, 0.25) is 5.88 Å². The molecule has 1 heterocycles. The molecular weight excluding hydrogens is 216 g/mol. The summed E-state index contributed by atoms with van der Waals surface area (Å²) in [5.41, 5.74) is 0.273. The van der Waals surface area contributed by atoms with Gasteiger partial charge in [-0.15, -0.1) is 0 Å². The summed E-state index contributed by atoms with van der Waals surface area (Å²) in [7, 11) is 1.79. The molecule has 4 nitrogen and oxygen atoms in total. The van der Waals surface area contributed by atoms with Gasteiger partial charge in [0, 0.05) is 12.5 Å². The summed E-state index contributed by atoms with van der Waals surface area (Å²) >= 11 is 0. The number of nitrogens with zero attached hydrogens (tertiary/aromatic N) is 2. The van der Waals surface area contributed by atoms with Gasteiger partial charge in [0.15, 0.2) is 5.78 Å². The first-order valence-electron chi connectivity index (χ1n) is 6.19. The van der Waals surface area contributed by atoms with Gasteiger partial charge in [-0.1, -0.05) is 20.8 Å². The van der Waals surface area contributed by atoms with E-state index < -0.39 is 0 Å². The van der Waals surface area contributed by atoms with Gasteiger partial charge in [-0.3, -0.25) is 4.79 Å². The maximum atomic E-state index is 12.5. The van der Waals surface area contributed by atoms with Crippen molar-refractivity contribution in [1.29, 1.82) is 0 Å². The van der Waals surface area contributed by atoms with E-state index in [1.54, 1.807) is 17.9 Å². The Bertz CT molecular complexity index is 392. The summed E-state index contributed by atoms with van der Waals surface area (Å²) in [5, 5.41) is 4.11. The highest BCUT2D eigenvalue weighted by molar-refractivity contribution is 6.02. The summed E-state index contributed by atoms with van der Waals surface area (Å²) in [6.45, 7) is 8.52. The molecule has 1 aromatic heterocycles. The van der Waals surface area contributed by atoms with Crippen LogP contribution in [-0.4, -0.2) is 22.2 Å². The molecule has 0 aliphatic carbocycles. The molecule has 0 atom stereocenters. The largest absolute Gasteiger partial charge is 0.478 e. The molecule has 0 aliphatic heterocycles. The first kappa shape index (κ1) is 13.7. The van der Waals surface area contributed by atoms with Gasteiger partial charge >= 0.3 is 0 Å². The van der Waals surface area contributed by atoms with Crippen LogP contribution in [0.4, 0.5) is 0 Å². The first-order valence-corrected chi connectivity index (χ1v) is 6.19. The average Bonchev–Trinajstić information content (AvgIpc) is 2.70. The summed E-state index contributed by atoms with van der Waals surface area (Å²) in [6.07, 6.45) is 3.25. The summed E-state index contributed by atoms with van der Waals surface area (Å²) in [5.74, 6) is 0.699. The Morgan fingerprint density at radius 1 is 1.41 bits per heavy atom. The standard InChI is InChI=1S/C13H22N2O2/c1-6-13(4,7-2)11(16)10-9-14-15(5)12(10)17-8-3/h9H,6-8H2,1-5H3. The number of aryl methyl sites for hydroxylation is 1. The van der Waals surface area contributed by atoms with Crippen LogP contribution in [0.2, 0.25) is 0 Å². The number of ketones is 1. The van der Waals surface area contributed by atoms with Crippen LogP contribution < -0.4 is 4.74 Å². The Balaban J connectivity index is 3.12. The number of Topliss-reactive ketones (excluding diaryl/α,β-unsaturated/α-hetero) is 1. The molecule has 0 saturated heterocycles. The highest BCUT2D eigenvalue weighted by atomic mass is 16.5. The molecule has 0 bridgehead atoms. The van der Waals surface area contributed by atoms with E-state index in [4.69, 9.17) is 4.74 Å². The quantitative estimate of drug-likeness (QED) is 0.716. The zero-order valence-electron chi connectivity index (χ0n) is 11.4. The van der Waals surface area contributed by atoms with Crippen LogP contribution in [0.15, 0.2) is 6.20 Å². The van der Waals surface area contributed by atoms with Gasteiger partial charge < -0.3 is 4.74 Å². The molecule has 96 valence electrons. The van der Waals surface area contributed by atoms with Crippen LogP contribution in [0.3, 0.4) is 0 Å². The zero-order valence-corrected chi connectivity index (χ0v) is 11.4. The van der Waals surface area contributed by atoms with Gasteiger partial charge in [0.1, 0.15) is 0 Å². The van der Waals surface area contributed by atoms with Gasteiger partial charge in [0.25, 0.3) is 0 Å². The molecule has 4 heteroatoms. The molecular formula is C13H22N2O2. The number of carbonyl (C=O) groups excluding carboxylic acids is 1. The van der Waals surface area contributed by atoms with Crippen molar-refractivity contribution in [3.8, 4) is 5.88 Å². The van der Waals surface area contributed by atoms with Crippen molar-refractivity contribution in [1.82, 2.24) is 9.78 Å². The van der Waals surface area contributed by atoms with Crippen LogP contribution >= 0.6 is 0 Å². The number of hydrogen-bond donors (Lipinski definition) is 0. The van der Waals surface area contributed by atoms with E-state index in [-0.39, 0.29) is 11.2 Å². The van der Waals surface area contributed by atoms with Crippen molar-refractivity contribution in [2.45, 2.75) is 40.5 Å². The fourth-order valence-electron chi connectivity index (χ4n) is 1.79. The lowest BCUT2D eigenvalue weighted by Crippen LogP contribution is -2.26. The van der Waals surface area contributed by atoms with Crippen LogP contribution in [-0.2, 0) is 7.05 Å². The Morgan fingerprint density at radius 2 is 2.00 bits per heavy atom.